The first-order valence-electron chi connectivity index (χ1n) is 6.02. The van der Waals surface area contributed by atoms with E-state index in [1.165, 1.54) is 0 Å². The summed E-state index contributed by atoms with van der Waals surface area (Å²) in [5.41, 5.74) is -0.0288. The minimum absolute atomic E-state index is 0.0288. The minimum atomic E-state index is -0.0288. The highest BCUT2D eigenvalue weighted by molar-refractivity contribution is 4.88. The molecular formula is C12H27NO. The van der Waals surface area contributed by atoms with Crippen LogP contribution in [-0.2, 0) is 0 Å². The third-order valence-corrected chi connectivity index (χ3v) is 2.92. The van der Waals surface area contributed by atoms with Gasteiger partial charge in [0.15, 0.2) is 0 Å². The van der Waals surface area contributed by atoms with Crippen molar-refractivity contribution in [3.63, 3.8) is 0 Å². The fourth-order valence-electron chi connectivity index (χ4n) is 2.05. The molecule has 0 aromatic carbocycles. The molecule has 0 heterocycles. The van der Waals surface area contributed by atoms with Gasteiger partial charge in [-0.1, -0.05) is 33.6 Å². The third-order valence-electron chi connectivity index (χ3n) is 2.92. The van der Waals surface area contributed by atoms with Gasteiger partial charge in [-0.15, -0.1) is 0 Å². The van der Waals surface area contributed by atoms with E-state index < -0.39 is 0 Å². The van der Waals surface area contributed by atoms with Gasteiger partial charge in [-0.2, -0.15) is 0 Å². The van der Waals surface area contributed by atoms with E-state index in [2.05, 4.69) is 33.0 Å². The molecule has 1 atom stereocenters. The summed E-state index contributed by atoms with van der Waals surface area (Å²) < 4.78 is 0. The molecule has 2 heteroatoms. The van der Waals surface area contributed by atoms with Crippen LogP contribution in [0, 0.1) is 0 Å². The Labute approximate surface area is 89.1 Å². The molecule has 0 amide bonds. The van der Waals surface area contributed by atoms with Crippen LogP contribution in [0.3, 0.4) is 0 Å². The number of rotatable bonds is 8. The Balaban J connectivity index is 4.31. The van der Waals surface area contributed by atoms with Crippen LogP contribution in [0.1, 0.15) is 59.8 Å². The quantitative estimate of drug-likeness (QED) is 0.633. The maximum absolute atomic E-state index is 9.52. The summed E-state index contributed by atoms with van der Waals surface area (Å²) in [5.74, 6) is 0. The van der Waals surface area contributed by atoms with E-state index in [0.717, 1.165) is 32.1 Å². The molecule has 0 rings (SSSR count). The second kappa shape index (κ2) is 7.24. The van der Waals surface area contributed by atoms with Gasteiger partial charge in [-0.3, -0.25) is 0 Å². The maximum atomic E-state index is 9.52. The summed E-state index contributed by atoms with van der Waals surface area (Å²) in [5, 5.41) is 13.1. The first kappa shape index (κ1) is 13.9. The normalized spacial score (nSPS) is 14.4. The molecule has 0 aliphatic heterocycles. The molecule has 0 spiro atoms. The van der Waals surface area contributed by atoms with E-state index in [1.54, 1.807) is 0 Å². The van der Waals surface area contributed by atoms with Crippen molar-refractivity contribution in [2.45, 2.75) is 71.4 Å². The Morgan fingerprint density at radius 3 is 1.93 bits per heavy atom. The first-order chi connectivity index (χ1) is 6.64. The molecule has 0 aliphatic carbocycles. The lowest BCUT2D eigenvalue weighted by atomic mass is 9.88. The summed E-state index contributed by atoms with van der Waals surface area (Å²) in [4.78, 5) is 0. The predicted octanol–water partition coefficient (Wildman–Crippen LogP) is 2.71. The molecular weight excluding hydrogens is 174 g/mol. The van der Waals surface area contributed by atoms with Crippen LogP contribution in [0.2, 0.25) is 0 Å². The average Bonchev–Trinajstić information content (AvgIpc) is 2.18. The van der Waals surface area contributed by atoms with Crippen molar-refractivity contribution in [2.24, 2.45) is 0 Å². The Hall–Kier alpha value is -0.0800. The summed E-state index contributed by atoms with van der Waals surface area (Å²) in [6.45, 7) is 8.99. The zero-order valence-corrected chi connectivity index (χ0v) is 10.3. The number of nitrogens with one attached hydrogen (secondary N) is 1. The van der Waals surface area contributed by atoms with Crippen LogP contribution in [0.5, 0.6) is 0 Å². The Bertz CT molecular complexity index is 130. The van der Waals surface area contributed by atoms with E-state index in [0.29, 0.717) is 6.04 Å². The Kier molecular flexibility index (Phi) is 7.20. The van der Waals surface area contributed by atoms with Crippen molar-refractivity contribution in [1.29, 1.82) is 0 Å². The van der Waals surface area contributed by atoms with Crippen molar-refractivity contribution in [3.05, 3.63) is 0 Å². The molecule has 1 unspecified atom stereocenters. The smallest absolute Gasteiger partial charge is 0.0613 e. The minimum Gasteiger partial charge on any atom is -0.394 e. The van der Waals surface area contributed by atoms with Crippen molar-refractivity contribution in [2.75, 3.05) is 6.61 Å². The summed E-state index contributed by atoms with van der Waals surface area (Å²) in [7, 11) is 0. The first-order valence-corrected chi connectivity index (χ1v) is 6.02. The topological polar surface area (TPSA) is 32.3 Å². The zero-order chi connectivity index (χ0) is 11.0. The van der Waals surface area contributed by atoms with E-state index in [9.17, 15) is 5.11 Å². The van der Waals surface area contributed by atoms with Crippen molar-refractivity contribution < 1.29 is 5.11 Å². The fourth-order valence-corrected chi connectivity index (χ4v) is 2.05. The molecule has 0 saturated carbocycles. The summed E-state index contributed by atoms with van der Waals surface area (Å²) in [6, 6.07) is 0.500. The van der Waals surface area contributed by atoms with Gasteiger partial charge in [-0.25, -0.2) is 0 Å². The largest absolute Gasteiger partial charge is 0.394 e. The SMILES string of the molecule is CCCC(CO)(CCC)NC(C)CC. The van der Waals surface area contributed by atoms with Crippen LogP contribution >= 0.6 is 0 Å². The van der Waals surface area contributed by atoms with Gasteiger partial charge < -0.3 is 10.4 Å². The monoisotopic (exact) mass is 201 g/mol. The molecule has 86 valence electrons. The van der Waals surface area contributed by atoms with Gasteiger partial charge in [0.05, 0.1) is 6.61 Å². The van der Waals surface area contributed by atoms with Crippen molar-refractivity contribution in [3.8, 4) is 0 Å². The van der Waals surface area contributed by atoms with Gasteiger partial charge in [-0.05, 0) is 26.2 Å². The Morgan fingerprint density at radius 1 is 1.14 bits per heavy atom. The van der Waals surface area contributed by atoms with Crippen LogP contribution in [-0.4, -0.2) is 23.3 Å². The number of hydrogen-bond donors (Lipinski definition) is 2. The van der Waals surface area contributed by atoms with Crippen molar-refractivity contribution in [1.82, 2.24) is 5.32 Å². The highest BCUT2D eigenvalue weighted by atomic mass is 16.3. The van der Waals surface area contributed by atoms with Crippen molar-refractivity contribution >= 4 is 0 Å². The van der Waals surface area contributed by atoms with E-state index in [-0.39, 0.29) is 12.1 Å². The number of aliphatic hydroxyl groups excluding tert-OH is 1. The van der Waals surface area contributed by atoms with Gasteiger partial charge in [0.25, 0.3) is 0 Å². The summed E-state index contributed by atoms with van der Waals surface area (Å²) in [6.07, 6.45) is 5.52. The lowest BCUT2D eigenvalue weighted by Crippen LogP contribution is -2.52. The molecule has 2 nitrogen and oxygen atoms in total. The second-order valence-electron chi connectivity index (χ2n) is 4.39. The molecule has 0 saturated heterocycles. The third kappa shape index (κ3) is 4.43. The molecule has 2 N–H and O–H groups in total. The van der Waals surface area contributed by atoms with E-state index in [4.69, 9.17) is 0 Å². The van der Waals surface area contributed by atoms with E-state index in [1.807, 2.05) is 0 Å². The Morgan fingerprint density at radius 2 is 1.64 bits per heavy atom. The maximum Gasteiger partial charge on any atom is 0.0613 e. The van der Waals surface area contributed by atoms with Crippen LogP contribution in [0.15, 0.2) is 0 Å². The van der Waals surface area contributed by atoms with Gasteiger partial charge in [0, 0.05) is 11.6 Å². The standard InChI is InChI=1S/C12H27NO/c1-5-8-12(10-14,9-6-2)13-11(4)7-3/h11,13-14H,5-10H2,1-4H3. The highest BCUT2D eigenvalue weighted by Crippen LogP contribution is 2.20. The fraction of sp³-hybridized carbons (Fsp3) is 1.00. The van der Waals surface area contributed by atoms with Crippen LogP contribution in [0.25, 0.3) is 0 Å². The molecule has 0 aromatic rings. The molecule has 0 aromatic heterocycles. The zero-order valence-electron chi connectivity index (χ0n) is 10.3. The second-order valence-corrected chi connectivity index (χ2v) is 4.39. The lowest BCUT2D eigenvalue weighted by Gasteiger charge is -2.35. The lowest BCUT2D eigenvalue weighted by molar-refractivity contribution is 0.128. The van der Waals surface area contributed by atoms with Gasteiger partial charge >= 0.3 is 0 Å². The number of aliphatic hydroxyl groups is 1. The molecule has 14 heavy (non-hydrogen) atoms. The number of hydrogen-bond acceptors (Lipinski definition) is 2. The molecule has 0 radical (unpaired) electrons. The summed E-state index contributed by atoms with van der Waals surface area (Å²) >= 11 is 0. The predicted molar refractivity (Wildman–Crippen MR) is 62.5 cm³/mol. The van der Waals surface area contributed by atoms with Crippen LogP contribution in [0.4, 0.5) is 0 Å². The highest BCUT2D eigenvalue weighted by Gasteiger charge is 2.28. The van der Waals surface area contributed by atoms with E-state index >= 15 is 0 Å². The van der Waals surface area contributed by atoms with Crippen LogP contribution < -0.4 is 5.32 Å². The van der Waals surface area contributed by atoms with Gasteiger partial charge in [0.2, 0.25) is 0 Å². The van der Waals surface area contributed by atoms with Gasteiger partial charge in [0.1, 0.15) is 0 Å². The molecule has 0 bridgehead atoms. The molecule has 0 fully saturated rings. The average molecular weight is 201 g/mol. The molecule has 0 aliphatic rings.